The Bertz CT molecular complexity index is 1250. The topological polar surface area (TPSA) is 133 Å². The van der Waals surface area contributed by atoms with Crippen molar-refractivity contribution in [2.24, 2.45) is 0 Å². The maximum Gasteiger partial charge on any atom is 0.360 e. The average molecular weight is 452 g/mol. The van der Waals surface area contributed by atoms with E-state index < -0.39 is 22.9 Å². The summed E-state index contributed by atoms with van der Waals surface area (Å²) >= 11 is 0. The number of nitro benzene ring substituents is 1. The Balaban J connectivity index is 1.81. The van der Waals surface area contributed by atoms with Crippen LogP contribution in [0.2, 0.25) is 0 Å². The highest BCUT2D eigenvalue weighted by atomic mass is 16.6. The lowest BCUT2D eigenvalue weighted by Crippen LogP contribution is -2.32. The molecule has 10 nitrogen and oxygen atoms in total. The van der Waals surface area contributed by atoms with Crippen LogP contribution in [-0.4, -0.2) is 32.7 Å². The molecule has 33 heavy (non-hydrogen) atoms. The van der Waals surface area contributed by atoms with Crippen LogP contribution in [0.4, 0.5) is 11.4 Å². The fourth-order valence-corrected chi connectivity index (χ4v) is 3.26. The highest BCUT2D eigenvalue weighted by molar-refractivity contribution is 6.03. The number of hydrogen-bond donors (Lipinski definition) is 1. The van der Waals surface area contributed by atoms with Crippen molar-refractivity contribution >= 4 is 34.0 Å². The van der Waals surface area contributed by atoms with E-state index in [1.165, 1.54) is 35.9 Å². The van der Waals surface area contributed by atoms with Crippen LogP contribution in [0.5, 0.6) is 0 Å². The summed E-state index contributed by atoms with van der Waals surface area (Å²) in [5.74, 6) is -1.51. The molecule has 1 aromatic heterocycles. The summed E-state index contributed by atoms with van der Waals surface area (Å²) in [5.41, 5.74) is -0.338. The molecule has 0 spiro atoms. The second-order valence-electron chi connectivity index (χ2n) is 7.47. The minimum Gasteiger partial charge on any atom is -0.448 e. The molecule has 1 atom stereocenters. The highest BCUT2D eigenvalue weighted by Crippen LogP contribution is 2.18. The molecule has 3 rings (SSSR count). The molecule has 1 unspecified atom stereocenters. The van der Waals surface area contributed by atoms with Crippen molar-refractivity contribution in [1.29, 1.82) is 0 Å². The van der Waals surface area contributed by atoms with Gasteiger partial charge in [0.25, 0.3) is 17.2 Å². The molecular formula is C23H24N4O6. The van der Waals surface area contributed by atoms with E-state index >= 15 is 0 Å². The van der Waals surface area contributed by atoms with Crippen LogP contribution in [0.3, 0.4) is 0 Å². The van der Waals surface area contributed by atoms with Crippen LogP contribution in [0, 0.1) is 10.1 Å². The van der Waals surface area contributed by atoms with Gasteiger partial charge in [0.15, 0.2) is 11.8 Å². The SMILES string of the molecule is CCCCCn1nc(C(=O)OC(C)C(=O)Nc2cccc([N+](=O)[O-])c2)c2ccccc2c1=O. The van der Waals surface area contributed by atoms with Gasteiger partial charge in [-0.25, -0.2) is 9.48 Å². The standard InChI is InChI=1S/C23H24N4O6/c1-3-4-7-13-26-22(29)19-12-6-5-11-18(19)20(25-26)23(30)33-15(2)21(28)24-16-9-8-10-17(14-16)27(31)32/h5-6,8-12,14-15H,3-4,7,13H2,1-2H3,(H,24,28). The van der Waals surface area contributed by atoms with Crippen molar-refractivity contribution in [3.8, 4) is 0 Å². The average Bonchev–Trinajstić information content (AvgIpc) is 2.80. The van der Waals surface area contributed by atoms with E-state index in [-0.39, 0.29) is 22.6 Å². The van der Waals surface area contributed by atoms with Crippen LogP contribution in [0.25, 0.3) is 10.8 Å². The maximum absolute atomic E-state index is 12.9. The summed E-state index contributed by atoms with van der Waals surface area (Å²) in [6, 6.07) is 12.0. The Morgan fingerprint density at radius 2 is 1.88 bits per heavy atom. The van der Waals surface area contributed by atoms with Gasteiger partial charge < -0.3 is 10.1 Å². The Morgan fingerprint density at radius 3 is 2.58 bits per heavy atom. The number of nitrogens with zero attached hydrogens (tertiary/aromatic N) is 3. The van der Waals surface area contributed by atoms with Crippen molar-refractivity contribution in [2.75, 3.05) is 5.32 Å². The zero-order valence-electron chi connectivity index (χ0n) is 18.3. The second-order valence-corrected chi connectivity index (χ2v) is 7.47. The minimum absolute atomic E-state index is 0.0586. The number of amides is 1. The molecule has 1 N–H and O–H groups in total. The van der Waals surface area contributed by atoms with Crippen molar-refractivity contribution in [3.05, 3.63) is 74.7 Å². The Labute approximate surface area is 189 Å². The first-order chi connectivity index (χ1) is 15.8. The summed E-state index contributed by atoms with van der Waals surface area (Å²) in [7, 11) is 0. The molecule has 3 aromatic rings. The van der Waals surface area contributed by atoms with E-state index in [0.717, 1.165) is 19.3 Å². The molecule has 0 bridgehead atoms. The van der Waals surface area contributed by atoms with Crippen LogP contribution in [0.1, 0.15) is 43.6 Å². The molecule has 2 aromatic carbocycles. The number of fused-ring (bicyclic) bond motifs is 1. The molecule has 0 saturated carbocycles. The van der Waals surface area contributed by atoms with Gasteiger partial charge in [-0.05, 0) is 25.5 Å². The molecule has 172 valence electrons. The van der Waals surface area contributed by atoms with E-state index in [1.807, 2.05) is 6.92 Å². The van der Waals surface area contributed by atoms with Gasteiger partial charge in [0, 0.05) is 29.8 Å². The fraction of sp³-hybridized carbons (Fsp3) is 0.304. The molecule has 0 fully saturated rings. The number of non-ortho nitro benzene ring substituents is 1. The summed E-state index contributed by atoms with van der Waals surface area (Å²) in [6.07, 6.45) is 1.40. The number of aryl methyl sites for hydroxylation is 1. The van der Waals surface area contributed by atoms with Crippen LogP contribution in [-0.2, 0) is 16.1 Å². The van der Waals surface area contributed by atoms with Crippen molar-refractivity contribution < 1.29 is 19.2 Å². The molecule has 0 radical (unpaired) electrons. The first kappa shape index (κ1) is 23.6. The van der Waals surface area contributed by atoms with Crippen LogP contribution < -0.4 is 10.9 Å². The molecule has 0 saturated heterocycles. The normalized spacial score (nSPS) is 11.7. The number of esters is 1. The number of rotatable bonds is 9. The smallest absolute Gasteiger partial charge is 0.360 e. The molecule has 0 aliphatic rings. The second kappa shape index (κ2) is 10.5. The fourth-order valence-electron chi connectivity index (χ4n) is 3.26. The largest absolute Gasteiger partial charge is 0.448 e. The molecule has 0 aliphatic carbocycles. The third-order valence-electron chi connectivity index (χ3n) is 5.01. The lowest BCUT2D eigenvalue weighted by atomic mass is 10.1. The number of benzene rings is 2. The zero-order valence-corrected chi connectivity index (χ0v) is 18.3. The monoisotopic (exact) mass is 452 g/mol. The highest BCUT2D eigenvalue weighted by Gasteiger charge is 2.23. The van der Waals surface area contributed by atoms with Gasteiger partial charge in [-0.3, -0.25) is 19.7 Å². The number of ether oxygens (including phenoxy) is 1. The van der Waals surface area contributed by atoms with E-state index in [4.69, 9.17) is 4.74 Å². The summed E-state index contributed by atoms with van der Waals surface area (Å²) < 4.78 is 6.57. The number of aromatic nitrogens is 2. The lowest BCUT2D eigenvalue weighted by Gasteiger charge is -2.15. The van der Waals surface area contributed by atoms with Gasteiger partial charge in [0.05, 0.1) is 10.3 Å². The third kappa shape index (κ3) is 5.59. The van der Waals surface area contributed by atoms with Gasteiger partial charge in [-0.2, -0.15) is 5.10 Å². The molecule has 1 heterocycles. The van der Waals surface area contributed by atoms with E-state index in [9.17, 15) is 24.5 Å². The Hall–Kier alpha value is -4.08. The number of anilines is 1. The number of unbranched alkanes of at least 4 members (excludes halogenated alkanes) is 2. The van der Waals surface area contributed by atoms with Crippen LogP contribution in [0.15, 0.2) is 53.3 Å². The first-order valence-electron chi connectivity index (χ1n) is 10.6. The van der Waals surface area contributed by atoms with E-state index in [1.54, 1.807) is 24.3 Å². The van der Waals surface area contributed by atoms with Crippen LogP contribution >= 0.6 is 0 Å². The Kier molecular flexibility index (Phi) is 7.50. The van der Waals surface area contributed by atoms with E-state index in [2.05, 4.69) is 10.4 Å². The summed E-state index contributed by atoms with van der Waals surface area (Å²) in [4.78, 5) is 48.5. The van der Waals surface area contributed by atoms with Crippen molar-refractivity contribution in [2.45, 2.75) is 45.8 Å². The van der Waals surface area contributed by atoms with Gasteiger partial charge in [0.1, 0.15) is 0 Å². The molecule has 0 aliphatic heterocycles. The van der Waals surface area contributed by atoms with Gasteiger partial charge >= 0.3 is 5.97 Å². The van der Waals surface area contributed by atoms with Gasteiger partial charge in [0.2, 0.25) is 0 Å². The predicted molar refractivity (Wildman–Crippen MR) is 122 cm³/mol. The summed E-state index contributed by atoms with van der Waals surface area (Å²) in [6.45, 7) is 3.78. The predicted octanol–water partition coefficient (Wildman–Crippen LogP) is 3.68. The molecular weight excluding hydrogens is 428 g/mol. The number of carbonyl (C=O) groups is 2. The zero-order chi connectivity index (χ0) is 24.0. The minimum atomic E-state index is -1.21. The quantitative estimate of drug-likeness (QED) is 0.226. The number of hydrogen-bond acceptors (Lipinski definition) is 7. The third-order valence-corrected chi connectivity index (χ3v) is 5.01. The summed E-state index contributed by atoms with van der Waals surface area (Å²) in [5, 5.41) is 18.3. The Morgan fingerprint density at radius 1 is 1.15 bits per heavy atom. The first-order valence-corrected chi connectivity index (χ1v) is 10.6. The molecule has 1 amide bonds. The van der Waals surface area contributed by atoms with Gasteiger partial charge in [-0.1, -0.05) is 44.0 Å². The number of nitrogens with one attached hydrogen (secondary N) is 1. The molecule has 10 heteroatoms. The van der Waals surface area contributed by atoms with Crippen molar-refractivity contribution in [3.63, 3.8) is 0 Å². The van der Waals surface area contributed by atoms with Crippen molar-refractivity contribution in [1.82, 2.24) is 9.78 Å². The maximum atomic E-state index is 12.9. The lowest BCUT2D eigenvalue weighted by molar-refractivity contribution is -0.384. The van der Waals surface area contributed by atoms with Gasteiger partial charge in [-0.15, -0.1) is 0 Å². The number of carbonyl (C=O) groups excluding carboxylic acids is 2. The number of nitro groups is 1. The van der Waals surface area contributed by atoms with E-state index in [0.29, 0.717) is 17.3 Å².